The van der Waals surface area contributed by atoms with Crippen LogP contribution in [0.2, 0.25) is 5.15 Å². The molecule has 2 heterocycles. The van der Waals surface area contributed by atoms with Gasteiger partial charge >= 0.3 is 0 Å². The van der Waals surface area contributed by atoms with E-state index < -0.39 is 0 Å². The zero-order valence-corrected chi connectivity index (χ0v) is 20.1. The predicted molar refractivity (Wildman–Crippen MR) is 132 cm³/mol. The standard InChI is InChI=1S/C28H28ClFN2O3/c29-27-15-18(13-14-31-27)17-32-28(33)19-5-8-21(9-6-19)34-22-10-12-25-20(16-22)7-11-26(35-25)23-3-1-2-4-24(23)30/h1-4,10,12-16,19,21,26H,5-9,11,17H2,(H,32,33). The van der Waals surface area contributed by atoms with Gasteiger partial charge in [0.15, 0.2) is 0 Å². The van der Waals surface area contributed by atoms with E-state index >= 15 is 0 Å². The van der Waals surface area contributed by atoms with Crippen LogP contribution in [-0.2, 0) is 17.8 Å². The third-order valence-electron chi connectivity index (χ3n) is 6.83. The van der Waals surface area contributed by atoms with Crippen LogP contribution in [0.15, 0.2) is 60.8 Å². The number of pyridine rings is 1. The number of aromatic nitrogens is 1. The van der Waals surface area contributed by atoms with Crippen molar-refractivity contribution in [2.24, 2.45) is 5.92 Å². The van der Waals surface area contributed by atoms with Crippen LogP contribution >= 0.6 is 11.6 Å². The van der Waals surface area contributed by atoms with Gasteiger partial charge in [-0.3, -0.25) is 4.79 Å². The highest BCUT2D eigenvalue weighted by molar-refractivity contribution is 6.29. The van der Waals surface area contributed by atoms with Crippen molar-refractivity contribution in [1.82, 2.24) is 10.3 Å². The van der Waals surface area contributed by atoms with E-state index in [4.69, 9.17) is 21.1 Å². The van der Waals surface area contributed by atoms with Gasteiger partial charge in [0.1, 0.15) is 28.6 Å². The van der Waals surface area contributed by atoms with Crippen LogP contribution in [0.5, 0.6) is 11.5 Å². The molecule has 1 aliphatic heterocycles. The molecule has 2 aliphatic rings. The lowest BCUT2D eigenvalue weighted by Crippen LogP contribution is -2.35. The summed E-state index contributed by atoms with van der Waals surface area (Å²) in [7, 11) is 0. The minimum absolute atomic E-state index is 0.000549. The summed E-state index contributed by atoms with van der Waals surface area (Å²) in [5.41, 5.74) is 2.62. The Morgan fingerprint density at radius 2 is 1.91 bits per heavy atom. The third-order valence-corrected chi connectivity index (χ3v) is 7.04. The van der Waals surface area contributed by atoms with E-state index in [9.17, 15) is 9.18 Å². The van der Waals surface area contributed by atoms with Gasteiger partial charge in [-0.05, 0) is 86.1 Å². The van der Waals surface area contributed by atoms with Crippen molar-refractivity contribution >= 4 is 17.5 Å². The molecule has 1 unspecified atom stereocenters. The largest absolute Gasteiger partial charge is 0.490 e. The molecule has 1 amide bonds. The number of halogens is 2. The predicted octanol–water partition coefficient (Wildman–Crippen LogP) is 6.19. The Balaban J connectivity index is 1.11. The molecule has 2 aromatic carbocycles. The lowest BCUT2D eigenvalue weighted by atomic mass is 9.86. The summed E-state index contributed by atoms with van der Waals surface area (Å²) >= 11 is 5.91. The summed E-state index contributed by atoms with van der Waals surface area (Å²) in [6.07, 6.45) is 6.26. The number of aryl methyl sites for hydroxylation is 1. The number of amides is 1. The Morgan fingerprint density at radius 1 is 1.09 bits per heavy atom. The Bertz CT molecular complexity index is 1200. The Labute approximate surface area is 209 Å². The van der Waals surface area contributed by atoms with E-state index in [0.29, 0.717) is 17.3 Å². The van der Waals surface area contributed by atoms with Crippen molar-refractivity contribution in [3.05, 3.63) is 88.5 Å². The first kappa shape index (κ1) is 23.6. The molecule has 1 atom stereocenters. The molecule has 1 aliphatic carbocycles. The number of rotatable bonds is 6. The molecule has 3 aromatic rings. The SMILES string of the molecule is O=C(NCc1ccnc(Cl)c1)C1CCC(Oc2ccc3c(c2)CCC(c2ccccc2F)O3)CC1. The number of nitrogens with zero attached hydrogens (tertiary/aromatic N) is 1. The number of fused-ring (bicyclic) bond motifs is 1. The van der Waals surface area contributed by atoms with Gasteiger partial charge in [0.25, 0.3) is 0 Å². The fourth-order valence-corrected chi connectivity index (χ4v) is 5.11. The van der Waals surface area contributed by atoms with Crippen molar-refractivity contribution in [3.63, 3.8) is 0 Å². The minimum atomic E-state index is -0.271. The quantitative estimate of drug-likeness (QED) is 0.415. The average Bonchev–Trinajstić information content (AvgIpc) is 2.88. The van der Waals surface area contributed by atoms with E-state index in [-0.39, 0.29) is 29.9 Å². The first-order valence-electron chi connectivity index (χ1n) is 12.1. The van der Waals surface area contributed by atoms with E-state index in [1.54, 1.807) is 24.4 Å². The second-order valence-electron chi connectivity index (χ2n) is 9.23. The van der Waals surface area contributed by atoms with Gasteiger partial charge in [-0.25, -0.2) is 9.37 Å². The number of ether oxygens (including phenoxy) is 2. The van der Waals surface area contributed by atoms with Gasteiger partial charge in [-0.1, -0.05) is 29.8 Å². The maximum Gasteiger partial charge on any atom is 0.223 e. The molecule has 1 saturated carbocycles. The maximum atomic E-state index is 14.2. The van der Waals surface area contributed by atoms with E-state index in [1.807, 2.05) is 30.3 Å². The van der Waals surface area contributed by atoms with Crippen LogP contribution < -0.4 is 14.8 Å². The number of hydrogen-bond donors (Lipinski definition) is 1. The number of nitrogens with one attached hydrogen (secondary N) is 1. The summed E-state index contributed by atoms with van der Waals surface area (Å²) in [5, 5.41) is 3.43. The topological polar surface area (TPSA) is 60.5 Å². The Kier molecular flexibility index (Phi) is 7.19. The summed E-state index contributed by atoms with van der Waals surface area (Å²) < 4.78 is 26.5. The van der Waals surface area contributed by atoms with Crippen LogP contribution in [-0.4, -0.2) is 17.0 Å². The zero-order valence-electron chi connectivity index (χ0n) is 19.4. The van der Waals surface area contributed by atoms with Gasteiger partial charge in [-0.2, -0.15) is 0 Å². The number of carbonyl (C=O) groups is 1. The molecule has 35 heavy (non-hydrogen) atoms. The molecule has 0 radical (unpaired) electrons. The second kappa shape index (κ2) is 10.6. The fraction of sp³-hybridized carbons (Fsp3) is 0.357. The molecule has 7 heteroatoms. The van der Waals surface area contributed by atoms with Gasteiger partial charge in [-0.15, -0.1) is 0 Å². The molecule has 1 fully saturated rings. The molecule has 0 saturated heterocycles. The number of carbonyl (C=O) groups excluding carboxylic acids is 1. The van der Waals surface area contributed by atoms with Gasteiger partial charge in [0, 0.05) is 24.2 Å². The van der Waals surface area contributed by atoms with Crippen LogP contribution in [0, 0.1) is 11.7 Å². The maximum absolute atomic E-state index is 14.2. The molecule has 5 rings (SSSR count). The fourth-order valence-electron chi connectivity index (χ4n) is 4.91. The normalized spacial score (nSPS) is 21.5. The zero-order chi connectivity index (χ0) is 24.2. The first-order chi connectivity index (χ1) is 17.0. The van der Waals surface area contributed by atoms with Crippen molar-refractivity contribution in [1.29, 1.82) is 0 Å². The monoisotopic (exact) mass is 494 g/mol. The smallest absolute Gasteiger partial charge is 0.223 e. The highest BCUT2D eigenvalue weighted by atomic mass is 35.5. The molecular weight excluding hydrogens is 467 g/mol. The Morgan fingerprint density at radius 3 is 2.71 bits per heavy atom. The van der Waals surface area contributed by atoms with Crippen LogP contribution in [0.25, 0.3) is 0 Å². The third kappa shape index (κ3) is 5.76. The molecule has 0 spiro atoms. The minimum Gasteiger partial charge on any atom is -0.490 e. The van der Waals surface area contributed by atoms with Gasteiger partial charge < -0.3 is 14.8 Å². The van der Waals surface area contributed by atoms with E-state index in [2.05, 4.69) is 10.3 Å². The molecule has 1 N–H and O–H groups in total. The summed E-state index contributed by atoms with van der Waals surface area (Å²) in [6, 6.07) is 16.3. The van der Waals surface area contributed by atoms with Crippen molar-refractivity contribution < 1.29 is 18.7 Å². The van der Waals surface area contributed by atoms with E-state index in [1.165, 1.54) is 6.07 Å². The lowest BCUT2D eigenvalue weighted by Gasteiger charge is -2.30. The van der Waals surface area contributed by atoms with Gasteiger partial charge in [0.05, 0.1) is 6.10 Å². The summed E-state index contributed by atoms with van der Waals surface area (Å²) in [4.78, 5) is 16.6. The molecular formula is C28H28ClFN2O3. The Hall–Kier alpha value is -3.12. The lowest BCUT2D eigenvalue weighted by molar-refractivity contribution is -0.126. The first-order valence-corrected chi connectivity index (χ1v) is 12.5. The van der Waals surface area contributed by atoms with E-state index in [0.717, 1.165) is 61.2 Å². The van der Waals surface area contributed by atoms with Gasteiger partial charge in [0.2, 0.25) is 5.91 Å². The van der Waals surface area contributed by atoms with Crippen LogP contribution in [0.1, 0.15) is 54.9 Å². The van der Waals surface area contributed by atoms with Crippen molar-refractivity contribution in [2.75, 3.05) is 0 Å². The van der Waals surface area contributed by atoms with Crippen LogP contribution in [0.3, 0.4) is 0 Å². The highest BCUT2D eigenvalue weighted by Crippen LogP contribution is 2.38. The molecule has 0 bridgehead atoms. The highest BCUT2D eigenvalue weighted by Gasteiger charge is 2.28. The summed E-state index contributed by atoms with van der Waals surface area (Å²) in [6.45, 7) is 0.451. The van der Waals surface area contributed by atoms with Crippen LogP contribution in [0.4, 0.5) is 4.39 Å². The number of benzene rings is 2. The molecule has 182 valence electrons. The second-order valence-corrected chi connectivity index (χ2v) is 9.62. The average molecular weight is 495 g/mol. The molecule has 1 aromatic heterocycles. The van der Waals surface area contributed by atoms with Crippen molar-refractivity contribution in [2.45, 2.75) is 57.3 Å². The number of hydrogen-bond acceptors (Lipinski definition) is 4. The summed E-state index contributed by atoms with van der Waals surface area (Å²) in [5.74, 6) is 1.45. The molecule has 5 nitrogen and oxygen atoms in total. The van der Waals surface area contributed by atoms with Crippen molar-refractivity contribution in [3.8, 4) is 11.5 Å².